The fraction of sp³-hybridized carbons (Fsp3) is 0.176. The van der Waals surface area contributed by atoms with Gasteiger partial charge in [0.1, 0.15) is 5.82 Å². The number of para-hydroxylation sites is 2. The van der Waals surface area contributed by atoms with Crippen LogP contribution in [0.15, 0.2) is 54.6 Å². The standard InChI is InChI=1S/C17H18FN3O2S.ClH/c1-13-8-9-15(14(18)12-13)21-17-7-3-2-6-16(17)20(24(21,22)23)11-5-4-10-19;/h2-9,12H,10-11,19H2,1H3;1H/b5-4-;. The molecular formula is C17H19ClFN3O2S. The molecule has 0 aliphatic carbocycles. The van der Waals surface area contributed by atoms with Gasteiger partial charge in [0.25, 0.3) is 0 Å². The minimum Gasteiger partial charge on any atom is -0.327 e. The van der Waals surface area contributed by atoms with Crippen LogP contribution in [0.5, 0.6) is 0 Å². The quantitative estimate of drug-likeness (QED) is 0.824. The summed E-state index contributed by atoms with van der Waals surface area (Å²) in [6.07, 6.45) is 3.37. The zero-order valence-corrected chi connectivity index (χ0v) is 15.2. The van der Waals surface area contributed by atoms with Gasteiger partial charge in [0, 0.05) is 6.54 Å². The smallest absolute Gasteiger partial charge is 0.327 e. The zero-order valence-electron chi connectivity index (χ0n) is 13.6. The molecule has 0 spiro atoms. The molecule has 0 saturated carbocycles. The highest BCUT2D eigenvalue weighted by molar-refractivity contribution is 7.95. The van der Waals surface area contributed by atoms with Crippen LogP contribution in [0, 0.1) is 12.7 Å². The monoisotopic (exact) mass is 383 g/mol. The molecule has 0 fully saturated rings. The Morgan fingerprint density at radius 3 is 2.40 bits per heavy atom. The van der Waals surface area contributed by atoms with Crippen molar-refractivity contribution in [3.05, 3.63) is 66.0 Å². The highest BCUT2D eigenvalue weighted by Crippen LogP contribution is 2.45. The Kier molecular flexibility index (Phi) is 5.72. The van der Waals surface area contributed by atoms with Gasteiger partial charge >= 0.3 is 10.2 Å². The van der Waals surface area contributed by atoms with E-state index < -0.39 is 16.0 Å². The van der Waals surface area contributed by atoms with Crippen molar-refractivity contribution in [1.82, 2.24) is 0 Å². The number of halogens is 2. The number of anilines is 3. The molecular weight excluding hydrogens is 365 g/mol. The van der Waals surface area contributed by atoms with Crippen molar-refractivity contribution in [2.75, 3.05) is 21.7 Å². The largest absolute Gasteiger partial charge is 0.331 e. The number of hydrogen-bond donors (Lipinski definition) is 1. The Bertz CT molecular complexity index is 903. The summed E-state index contributed by atoms with van der Waals surface area (Å²) >= 11 is 0. The van der Waals surface area contributed by atoms with Crippen molar-refractivity contribution in [3.63, 3.8) is 0 Å². The third-order valence-electron chi connectivity index (χ3n) is 3.77. The van der Waals surface area contributed by atoms with E-state index in [4.69, 9.17) is 5.73 Å². The average Bonchev–Trinajstić information content (AvgIpc) is 2.76. The first kappa shape index (κ1) is 19.2. The average molecular weight is 384 g/mol. The molecule has 0 radical (unpaired) electrons. The number of benzene rings is 2. The molecule has 0 unspecified atom stereocenters. The second kappa shape index (κ2) is 7.43. The van der Waals surface area contributed by atoms with E-state index in [0.29, 0.717) is 17.9 Å². The number of rotatable bonds is 4. The van der Waals surface area contributed by atoms with Crippen molar-refractivity contribution >= 4 is 39.7 Å². The third-order valence-corrected chi connectivity index (χ3v) is 5.53. The summed E-state index contributed by atoms with van der Waals surface area (Å²) < 4.78 is 42.7. The first-order valence-electron chi connectivity index (χ1n) is 7.50. The Labute approximate surface area is 153 Å². The van der Waals surface area contributed by atoms with Crippen LogP contribution in [0.4, 0.5) is 21.5 Å². The Morgan fingerprint density at radius 1 is 1.08 bits per heavy atom. The van der Waals surface area contributed by atoms with Gasteiger partial charge in [-0.25, -0.2) is 13.0 Å². The van der Waals surface area contributed by atoms with Crippen LogP contribution in [0.2, 0.25) is 0 Å². The van der Waals surface area contributed by atoms with Gasteiger partial charge < -0.3 is 5.73 Å². The topological polar surface area (TPSA) is 66.6 Å². The van der Waals surface area contributed by atoms with Crippen LogP contribution >= 0.6 is 12.4 Å². The fourth-order valence-electron chi connectivity index (χ4n) is 2.68. The normalized spacial score (nSPS) is 15.3. The Morgan fingerprint density at radius 2 is 1.76 bits per heavy atom. The number of hydrogen-bond acceptors (Lipinski definition) is 3. The maximum absolute atomic E-state index is 14.4. The van der Waals surface area contributed by atoms with Crippen LogP contribution < -0.4 is 14.3 Å². The molecule has 134 valence electrons. The van der Waals surface area contributed by atoms with Crippen LogP contribution in [0.1, 0.15) is 5.56 Å². The summed E-state index contributed by atoms with van der Waals surface area (Å²) in [4.78, 5) is 0. The van der Waals surface area contributed by atoms with Crippen molar-refractivity contribution in [2.24, 2.45) is 5.73 Å². The molecule has 8 heteroatoms. The lowest BCUT2D eigenvalue weighted by atomic mass is 10.2. The molecule has 2 aromatic carbocycles. The number of nitrogens with zero attached hydrogens (tertiary/aromatic N) is 2. The van der Waals surface area contributed by atoms with Gasteiger partial charge in [-0.05, 0) is 36.8 Å². The van der Waals surface area contributed by atoms with E-state index >= 15 is 0 Å². The Balaban J connectivity index is 0.00000225. The lowest BCUT2D eigenvalue weighted by molar-refractivity contribution is 0.592. The van der Waals surface area contributed by atoms with Crippen LogP contribution in [-0.2, 0) is 10.2 Å². The molecule has 0 aromatic heterocycles. The zero-order chi connectivity index (χ0) is 17.3. The van der Waals surface area contributed by atoms with Gasteiger partial charge in [-0.1, -0.05) is 30.4 Å². The molecule has 1 heterocycles. The van der Waals surface area contributed by atoms with E-state index in [-0.39, 0.29) is 24.6 Å². The molecule has 1 aliphatic rings. The molecule has 0 amide bonds. The summed E-state index contributed by atoms with van der Waals surface area (Å²) in [5, 5.41) is 0. The lowest BCUT2D eigenvalue weighted by Crippen LogP contribution is -2.35. The summed E-state index contributed by atoms with van der Waals surface area (Å²) in [7, 11) is -3.92. The van der Waals surface area contributed by atoms with E-state index in [0.717, 1.165) is 9.87 Å². The minimum atomic E-state index is -3.92. The SMILES string of the molecule is Cc1ccc(N2c3ccccc3N(C/C=C\CN)S2(=O)=O)c(F)c1.Cl. The first-order chi connectivity index (χ1) is 11.5. The summed E-state index contributed by atoms with van der Waals surface area (Å²) in [6.45, 7) is 2.22. The molecule has 0 saturated heterocycles. The predicted octanol–water partition coefficient (Wildman–Crippen LogP) is 3.27. The lowest BCUT2D eigenvalue weighted by Gasteiger charge is -2.21. The molecule has 5 nitrogen and oxygen atoms in total. The molecule has 25 heavy (non-hydrogen) atoms. The fourth-order valence-corrected chi connectivity index (χ4v) is 4.36. The first-order valence-corrected chi connectivity index (χ1v) is 8.89. The van der Waals surface area contributed by atoms with Gasteiger partial charge in [0.15, 0.2) is 0 Å². The molecule has 3 rings (SSSR count). The number of aryl methyl sites for hydroxylation is 1. The van der Waals surface area contributed by atoms with Gasteiger partial charge in [-0.15, -0.1) is 12.4 Å². The van der Waals surface area contributed by atoms with Gasteiger partial charge in [0.05, 0.1) is 23.6 Å². The highest BCUT2D eigenvalue weighted by Gasteiger charge is 2.41. The van der Waals surface area contributed by atoms with Crippen molar-refractivity contribution in [2.45, 2.75) is 6.92 Å². The summed E-state index contributed by atoms with van der Waals surface area (Å²) in [6, 6.07) is 11.3. The van der Waals surface area contributed by atoms with E-state index in [1.807, 2.05) is 0 Å². The van der Waals surface area contributed by atoms with Crippen molar-refractivity contribution < 1.29 is 12.8 Å². The van der Waals surface area contributed by atoms with Crippen molar-refractivity contribution in [1.29, 1.82) is 0 Å². The van der Waals surface area contributed by atoms with Crippen molar-refractivity contribution in [3.8, 4) is 0 Å². The number of nitrogens with two attached hydrogens (primary N) is 1. The van der Waals surface area contributed by atoms with E-state index in [1.54, 1.807) is 49.4 Å². The van der Waals surface area contributed by atoms with Gasteiger partial charge in [-0.3, -0.25) is 0 Å². The third kappa shape index (κ3) is 3.35. The van der Waals surface area contributed by atoms with Gasteiger partial charge in [0.2, 0.25) is 0 Å². The molecule has 1 aliphatic heterocycles. The molecule has 0 atom stereocenters. The minimum absolute atomic E-state index is 0. The molecule has 2 N–H and O–H groups in total. The summed E-state index contributed by atoms with van der Waals surface area (Å²) in [5.41, 5.74) is 7.10. The van der Waals surface area contributed by atoms with E-state index in [2.05, 4.69) is 0 Å². The summed E-state index contributed by atoms with van der Waals surface area (Å²) in [5.74, 6) is -0.576. The van der Waals surface area contributed by atoms with E-state index in [1.165, 1.54) is 16.4 Å². The van der Waals surface area contributed by atoms with Gasteiger partial charge in [-0.2, -0.15) is 8.42 Å². The van der Waals surface area contributed by atoms with Crippen LogP contribution in [0.3, 0.4) is 0 Å². The molecule has 2 aromatic rings. The Hall–Kier alpha value is -2.09. The second-order valence-corrected chi connectivity index (χ2v) is 7.16. The van der Waals surface area contributed by atoms with Crippen LogP contribution in [-0.4, -0.2) is 21.5 Å². The number of fused-ring (bicyclic) bond motifs is 1. The maximum atomic E-state index is 14.4. The van der Waals surface area contributed by atoms with Crippen LogP contribution in [0.25, 0.3) is 0 Å². The predicted molar refractivity (Wildman–Crippen MR) is 101 cm³/mol. The maximum Gasteiger partial charge on any atom is 0.331 e. The molecule has 0 bridgehead atoms. The highest BCUT2D eigenvalue weighted by atomic mass is 35.5. The second-order valence-electron chi connectivity index (χ2n) is 5.45. The van der Waals surface area contributed by atoms with E-state index in [9.17, 15) is 12.8 Å².